The first-order chi connectivity index (χ1) is 12.6. The fourth-order valence-corrected chi connectivity index (χ4v) is 3.51. The number of likely N-dealkylation sites (tertiary alicyclic amines) is 1. The van der Waals surface area contributed by atoms with Crippen LogP contribution in [0.15, 0.2) is 36.7 Å². The molecule has 2 amide bonds. The molecule has 0 spiro atoms. The molecule has 1 fully saturated rings. The third kappa shape index (κ3) is 4.84. The van der Waals surface area contributed by atoms with Gasteiger partial charge in [0.1, 0.15) is 12.2 Å². The second-order valence-corrected chi connectivity index (χ2v) is 7.35. The van der Waals surface area contributed by atoms with Crippen LogP contribution in [-0.2, 0) is 12.8 Å². The summed E-state index contributed by atoms with van der Waals surface area (Å²) in [5.74, 6) is 1.64. The molecule has 6 heteroatoms. The van der Waals surface area contributed by atoms with Crippen LogP contribution < -0.4 is 5.32 Å². The summed E-state index contributed by atoms with van der Waals surface area (Å²) in [5, 5.41) is 11.4. The van der Waals surface area contributed by atoms with Crippen LogP contribution in [0.5, 0.6) is 0 Å². The quantitative estimate of drug-likeness (QED) is 0.866. The van der Waals surface area contributed by atoms with Crippen molar-refractivity contribution in [2.45, 2.75) is 45.6 Å². The molecule has 1 aliphatic rings. The van der Waals surface area contributed by atoms with E-state index in [0.29, 0.717) is 18.5 Å². The number of rotatable bonds is 6. The lowest BCUT2D eigenvalue weighted by atomic mass is 9.93. The van der Waals surface area contributed by atoms with Gasteiger partial charge in [0.25, 0.3) is 0 Å². The van der Waals surface area contributed by atoms with Crippen molar-refractivity contribution in [1.82, 2.24) is 25.0 Å². The summed E-state index contributed by atoms with van der Waals surface area (Å²) < 4.78 is 2.14. The van der Waals surface area contributed by atoms with E-state index in [-0.39, 0.29) is 6.03 Å². The van der Waals surface area contributed by atoms with Gasteiger partial charge in [-0.2, -0.15) is 0 Å². The highest BCUT2D eigenvalue weighted by atomic mass is 16.2. The molecule has 0 radical (unpaired) electrons. The minimum absolute atomic E-state index is 0.0599. The van der Waals surface area contributed by atoms with Crippen LogP contribution in [0.3, 0.4) is 0 Å². The number of amides is 2. The molecule has 0 unspecified atom stereocenters. The molecule has 0 bridgehead atoms. The Balaban J connectivity index is 1.40. The van der Waals surface area contributed by atoms with Gasteiger partial charge in [-0.3, -0.25) is 0 Å². The Morgan fingerprint density at radius 1 is 1.23 bits per heavy atom. The molecule has 3 rings (SSSR count). The Morgan fingerprint density at radius 3 is 2.65 bits per heavy atom. The molecule has 1 N–H and O–H groups in total. The van der Waals surface area contributed by atoms with E-state index in [2.05, 4.69) is 46.1 Å². The number of nitrogens with one attached hydrogen (secondary N) is 1. The van der Waals surface area contributed by atoms with Gasteiger partial charge >= 0.3 is 6.03 Å². The molecule has 140 valence electrons. The van der Waals surface area contributed by atoms with Crippen molar-refractivity contribution >= 4 is 6.03 Å². The highest BCUT2D eigenvalue weighted by Crippen LogP contribution is 2.22. The molecule has 0 atom stereocenters. The molecule has 0 saturated carbocycles. The molecule has 1 aliphatic heterocycles. The zero-order chi connectivity index (χ0) is 18.4. The molecule has 1 saturated heterocycles. The first kappa shape index (κ1) is 18.4. The van der Waals surface area contributed by atoms with E-state index in [0.717, 1.165) is 44.6 Å². The number of aromatic nitrogens is 3. The van der Waals surface area contributed by atoms with Gasteiger partial charge in [0.05, 0.1) is 0 Å². The Morgan fingerprint density at radius 2 is 1.96 bits per heavy atom. The lowest BCUT2D eigenvalue weighted by Crippen LogP contribution is -2.45. The Hall–Kier alpha value is -2.37. The van der Waals surface area contributed by atoms with Crippen LogP contribution in [-0.4, -0.2) is 45.3 Å². The largest absolute Gasteiger partial charge is 0.338 e. The number of benzene rings is 1. The number of urea groups is 1. The van der Waals surface area contributed by atoms with Gasteiger partial charge in [0, 0.05) is 32.1 Å². The summed E-state index contributed by atoms with van der Waals surface area (Å²) in [4.78, 5) is 14.3. The average molecular weight is 355 g/mol. The van der Waals surface area contributed by atoms with E-state index in [4.69, 9.17) is 0 Å². The highest BCUT2D eigenvalue weighted by molar-refractivity contribution is 5.74. The van der Waals surface area contributed by atoms with Crippen molar-refractivity contribution in [3.05, 3.63) is 48.0 Å². The number of carbonyl (C=O) groups is 1. The van der Waals surface area contributed by atoms with Gasteiger partial charge < -0.3 is 14.8 Å². The molecule has 2 aromatic rings. The monoisotopic (exact) mass is 355 g/mol. The van der Waals surface area contributed by atoms with Gasteiger partial charge in [-0.05, 0) is 44.6 Å². The fourth-order valence-electron chi connectivity index (χ4n) is 3.51. The molecule has 6 nitrogen and oxygen atoms in total. The van der Waals surface area contributed by atoms with Crippen LogP contribution in [0.2, 0.25) is 0 Å². The molecule has 0 aliphatic carbocycles. The maximum absolute atomic E-state index is 12.3. The predicted octanol–water partition coefficient (Wildman–Crippen LogP) is 3.07. The Kier molecular flexibility index (Phi) is 6.26. The molecule has 2 heterocycles. The van der Waals surface area contributed by atoms with Crippen molar-refractivity contribution in [3.63, 3.8) is 0 Å². The lowest BCUT2D eigenvalue weighted by Gasteiger charge is -2.32. The Labute approximate surface area is 155 Å². The number of carbonyl (C=O) groups excluding carboxylic acids is 1. The SMILES string of the molecule is CC(C)n1cnnc1CC1CCN(C(=O)NCCc2ccccc2)CC1. The van der Waals surface area contributed by atoms with Crippen LogP contribution in [0.25, 0.3) is 0 Å². The van der Waals surface area contributed by atoms with E-state index in [1.165, 1.54) is 5.56 Å². The van der Waals surface area contributed by atoms with Gasteiger partial charge in [-0.15, -0.1) is 10.2 Å². The molecule has 1 aromatic carbocycles. The van der Waals surface area contributed by atoms with Gasteiger partial charge in [-0.25, -0.2) is 4.79 Å². The number of hydrogen-bond donors (Lipinski definition) is 1. The van der Waals surface area contributed by atoms with Crippen LogP contribution >= 0.6 is 0 Å². The second kappa shape index (κ2) is 8.83. The summed E-state index contributed by atoms with van der Waals surface area (Å²) >= 11 is 0. The molecular formula is C20H29N5O. The smallest absolute Gasteiger partial charge is 0.317 e. The van der Waals surface area contributed by atoms with Crippen molar-refractivity contribution in [1.29, 1.82) is 0 Å². The highest BCUT2D eigenvalue weighted by Gasteiger charge is 2.24. The normalized spacial score (nSPS) is 15.4. The zero-order valence-electron chi connectivity index (χ0n) is 15.8. The summed E-state index contributed by atoms with van der Waals surface area (Å²) in [6.07, 6.45) is 5.68. The Bertz CT molecular complexity index is 689. The predicted molar refractivity (Wildman–Crippen MR) is 102 cm³/mol. The van der Waals surface area contributed by atoms with Gasteiger partial charge in [-0.1, -0.05) is 30.3 Å². The third-order valence-electron chi connectivity index (χ3n) is 5.11. The van der Waals surface area contributed by atoms with Crippen molar-refractivity contribution in [2.24, 2.45) is 5.92 Å². The number of piperidine rings is 1. The average Bonchev–Trinajstić information content (AvgIpc) is 3.11. The lowest BCUT2D eigenvalue weighted by molar-refractivity contribution is 0.169. The minimum atomic E-state index is 0.0599. The molecular weight excluding hydrogens is 326 g/mol. The van der Waals surface area contributed by atoms with E-state index in [1.807, 2.05) is 29.4 Å². The van der Waals surface area contributed by atoms with E-state index in [1.54, 1.807) is 0 Å². The number of nitrogens with zero attached hydrogens (tertiary/aromatic N) is 4. The van der Waals surface area contributed by atoms with Gasteiger partial charge in [0.2, 0.25) is 0 Å². The maximum Gasteiger partial charge on any atom is 0.317 e. The second-order valence-electron chi connectivity index (χ2n) is 7.35. The van der Waals surface area contributed by atoms with Crippen molar-refractivity contribution < 1.29 is 4.79 Å². The fraction of sp³-hybridized carbons (Fsp3) is 0.550. The van der Waals surface area contributed by atoms with E-state index < -0.39 is 0 Å². The van der Waals surface area contributed by atoms with Crippen molar-refractivity contribution in [3.8, 4) is 0 Å². The third-order valence-corrected chi connectivity index (χ3v) is 5.11. The maximum atomic E-state index is 12.3. The van der Waals surface area contributed by atoms with Crippen LogP contribution in [0.4, 0.5) is 4.79 Å². The molecule has 26 heavy (non-hydrogen) atoms. The van der Waals surface area contributed by atoms with E-state index >= 15 is 0 Å². The first-order valence-corrected chi connectivity index (χ1v) is 9.58. The summed E-state index contributed by atoms with van der Waals surface area (Å²) in [5.41, 5.74) is 1.25. The summed E-state index contributed by atoms with van der Waals surface area (Å²) in [6.45, 7) is 6.61. The number of hydrogen-bond acceptors (Lipinski definition) is 3. The zero-order valence-corrected chi connectivity index (χ0v) is 15.8. The minimum Gasteiger partial charge on any atom is -0.338 e. The van der Waals surface area contributed by atoms with Crippen molar-refractivity contribution in [2.75, 3.05) is 19.6 Å². The van der Waals surface area contributed by atoms with Crippen LogP contribution in [0.1, 0.15) is 44.1 Å². The summed E-state index contributed by atoms with van der Waals surface area (Å²) in [6, 6.07) is 10.7. The molecule has 1 aromatic heterocycles. The standard InChI is InChI=1S/C20H29N5O/c1-16(2)25-15-22-23-19(25)14-18-9-12-24(13-10-18)20(26)21-11-8-17-6-4-3-5-7-17/h3-7,15-16,18H,8-14H2,1-2H3,(H,21,26). The summed E-state index contributed by atoms with van der Waals surface area (Å²) in [7, 11) is 0. The van der Waals surface area contributed by atoms with Crippen LogP contribution in [0, 0.1) is 5.92 Å². The van der Waals surface area contributed by atoms with Gasteiger partial charge in [0.15, 0.2) is 0 Å². The first-order valence-electron chi connectivity index (χ1n) is 9.58. The topological polar surface area (TPSA) is 63.1 Å². The van der Waals surface area contributed by atoms with E-state index in [9.17, 15) is 4.79 Å².